The zero-order valence-corrected chi connectivity index (χ0v) is 13.3. The van der Waals surface area contributed by atoms with Crippen molar-refractivity contribution in [1.29, 1.82) is 0 Å². The second-order valence-electron chi connectivity index (χ2n) is 5.64. The Labute approximate surface area is 134 Å². The van der Waals surface area contributed by atoms with Gasteiger partial charge < -0.3 is 20.0 Å². The van der Waals surface area contributed by atoms with Crippen molar-refractivity contribution < 1.29 is 9.90 Å². The molecule has 0 radical (unpaired) electrons. The molecular formula is C17H20N4O2. The Morgan fingerprint density at radius 2 is 2.00 bits per heavy atom. The minimum absolute atomic E-state index is 0.0289. The van der Waals surface area contributed by atoms with E-state index in [4.69, 9.17) is 5.11 Å². The van der Waals surface area contributed by atoms with E-state index in [1.54, 1.807) is 0 Å². The number of hydrogen-bond acceptors (Lipinski definition) is 3. The summed E-state index contributed by atoms with van der Waals surface area (Å²) in [6, 6.07) is 9.57. The first-order valence-corrected chi connectivity index (χ1v) is 7.59. The molecule has 0 aliphatic rings. The third kappa shape index (κ3) is 3.27. The number of carbonyl (C=O) groups is 1. The summed E-state index contributed by atoms with van der Waals surface area (Å²) >= 11 is 0. The van der Waals surface area contributed by atoms with Gasteiger partial charge in [-0.15, -0.1) is 0 Å². The van der Waals surface area contributed by atoms with Crippen molar-refractivity contribution in [2.75, 3.05) is 5.32 Å². The number of imidazole rings is 1. The molecule has 1 aromatic carbocycles. The van der Waals surface area contributed by atoms with Crippen molar-refractivity contribution in [1.82, 2.24) is 14.5 Å². The van der Waals surface area contributed by atoms with Gasteiger partial charge in [0.25, 0.3) is 0 Å². The van der Waals surface area contributed by atoms with Crippen LogP contribution in [0.4, 0.5) is 5.69 Å². The predicted molar refractivity (Wildman–Crippen MR) is 89.2 cm³/mol. The van der Waals surface area contributed by atoms with Gasteiger partial charge in [0.2, 0.25) is 5.91 Å². The molecule has 0 fully saturated rings. The van der Waals surface area contributed by atoms with Crippen LogP contribution in [0.5, 0.6) is 0 Å². The Morgan fingerprint density at radius 3 is 2.70 bits per heavy atom. The van der Waals surface area contributed by atoms with Gasteiger partial charge in [0.15, 0.2) is 0 Å². The molecule has 3 aromatic rings. The van der Waals surface area contributed by atoms with E-state index in [-0.39, 0.29) is 12.5 Å². The summed E-state index contributed by atoms with van der Waals surface area (Å²) < 4.78 is 2.13. The molecule has 1 amide bonds. The molecule has 0 atom stereocenters. The molecule has 0 saturated heterocycles. The number of aromatic nitrogens is 3. The SMILES string of the molecule is Cc1ccc(C)n1CCC(=O)Nc1ccc2nc(CO)[nH]c2c1. The van der Waals surface area contributed by atoms with Crippen LogP contribution in [0.3, 0.4) is 0 Å². The predicted octanol–water partition coefficient (Wildman–Crippen LogP) is 2.50. The first kappa shape index (κ1) is 15.3. The number of aromatic amines is 1. The lowest BCUT2D eigenvalue weighted by molar-refractivity contribution is -0.116. The number of carbonyl (C=O) groups excluding carboxylic acids is 1. The van der Waals surface area contributed by atoms with Gasteiger partial charge in [0.1, 0.15) is 12.4 Å². The number of nitrogens with zero attached hydrogens (tertiary/aromatic N) is 2. The van der Waals surface area contributed by atoms with Gasteiger partial charge in [-0.3, -0.25) is 4.79 Å². The quantitative estimate of drug-likeness (QED) is 0.677. The highest BCUT2D eigenvalue weighted by molar-refractivity contribution is 5.93. The molecule has 2 aromatic heterocycles. The number of rotatable bonds is 5. The summed E-state index contributed by atoms with van der Waals surface area (Å²) in [5, 5.41) is 12.0. The first-order chi connectivity index (χ1) is 11.1. The van der Waals surface area contributed by atoms with E-state index >= 15 is 0 Å². The van der Waals surface area contributed by atoms with Crippen LogP contribution in [0.1, 0.15) is 23.6 Å². The standard InChI is InChI=1S/C17H20N4O2/c1-11-3-4-12(2)21(11)8-7-17(23)18-13-5-6-14-15(9-13)20-16(10-22)19-14/h3-6,9,22H,7-8,10H2,1-2H3,(H,18,23)(H,19,20). The highest BCUT2D eigenvalue weighted by atomic mass is 16.3. The maximum atomic E-state index is 12.1. The number of hydrogen-bond donors (Lipinski definition) is 3. The van der Waals surface area contributed by atoms with E-state index in [1.807, 2.05) is 32.0 Å². The number of benzene rings is 1. The second-order valence-corrected chi connectivity index (χ2v) is 5.64. The normalized spacial score (nSPS) is 11.1. The molecule has 3 N–H and O–H groups in total. The summed E-state index contributed by atoms with van der Waals surface area (Å²) in [6.07, 6.45) is 0.416. The topological polar surface area (TPSA) is 82.9 Å². The maximum Gasteiger partial charge on any atom is 0.226 e. The van der Waals surface area contributed by atoms with E-state index in [0.717, 1.165) is 28.1 Å². The molecule has 0 aliphatic carbocycles. The highest BCUT2D eigenvalue weighted by Crippen LogP contribution is 2.18. The fourth-order valence-corrected chi connectivity index (χ4v) is 2.70. The van der Waals surface area contributed by atoms with Crippen LogP contribution < -0.4 is 5.32 Å². The number of aliphatic hydroxyl groups excluding tert-OH is 1. The van der Waals surface area contributed by atoms with Gasteiger partial charge in [-0.05, 0) is 44.2 Å². The summed E-state index contributed by atoms with van der Waals surface area (Å²) in [6.45, 7) is 4.61. The summed E-state index contributed by atoms with van der Waals surface area (Å²) in [5.41, 5.74) is 4.60. The van der Waals surface area contributed by atoms with Crippen molar-refractivity contribution in [2.45, 2.75) is 33.4 Å². The van der Waals surface area contributed by atoms with Crippen molar-refractivity contribution in [3.05, 3.63) is 47.5 Å². The Morgan fingerprint density at radius 1 is 1.26 bits per heavy atom. The van der Waals surface area contributed by atoms with Crippen molar-refractivity contribution >= 4 is 22.6 Å². The molecule has 23 heavy (non-hydrogen) atoms. The molecule has 3 rings (SSSR count). The Balaban J connectivity index is 1.65. The number of amides is 1. The molecule has 2 heterocycles. The van der Waals surface area contributed by atoms with Gasteiger partial charge in [-0.1, -0.05) is 0 Å². The van der Waals surface area contributed by atoms with Crippen LogP contribution in [0.25, 0.3) is 11.0 Å². The zero-order chi connectivity index (χ0) is 16.4. The molecule has 0 spiro atoms. The largest absolute Gasteiger partial charge is 0.388 e. The van der Waals surface area contributed by atoms with Gasteiger partial charge in [-0.2, -0.15) is 0 Å². The minimum atomic E-state index is -0.133. The number of anilines is 1. The molecule has 0 unspecified atom stereocenters. The first-order valence-electron chi connectivity index (χ1n) is 7.59. The average Bonchev–Trinajstić information content (AvgIpc) is 3.08. The van der Waals surface area contributed by atoms with Crippen LogP contribution in [-0.2, 0) is 17.9 Å². The van der Waals surface area contributed by atoms with E-state index in [1.165, 1.54) is 0 Å². The summed E-state index contributed by atoms with van der Waals surface area (Å²) in [4.78, 5) is 19.4. The maximum absolute atomic E-state index is 12.1. The van der Waals surface area contributed by atoms with Gasteiger partial charge in [0, 0.05) is 30.0 Å². The number of H-pyrrole nitrogens is 1. The van der Waals surface area contributed by atoms with Crippen molar-refractivity contribution in [2.24, 2.45) is 0 Å². The average molecular weight is 312 g/mol. The van der Waals surface area contributed by atoms with Gasteiger partial charge in [-0.25, -0.2) is 4.98 Å². The van der Waals surface area contributed by atoms with Gasteiger partial charge in [0.05, 0.1) is 11.0 Å². The second kappa shape index (κ2) is 6.26. The molecule has 6 nitrogen and oxygen atoms in total. The van der Waals surface area contributed by atoms with Crippen molar-refractivity contribution in [3.8, 4) is 0 Å². The van der Waals surface area contributed by atoms with Crippen LogP contribution in [-0.4, -0.2) is 25.5 Å². The minimum Gasteiger partial charge on any atom is -0.388 e. The fraction of sp³-hybridized carbons (Fsp3) is 0.294. The Bertz CT molecular complexity index is 828. The highest BCUT2D eigenvalue weighted by Gasteiger charge is 2.08. The number of aryl methyl sites for hydroxylation is 2. The Hall–Kier alpha value is -2.60. The van der Waals surface area contributed by atoms with Crippen LogP contribution >= 0.6 is 0 Å². The lowest BCUT2D eigenvalue weighted by atomic mass is 10.2. The van der Waals surface area contributed by atoms with Gasteiger partial charge >= 0.3 is 0 Å². The fourth-order valence-electron chi connectivity index (χ4n) is 2.70. The monoisotopic (exact) mass is 312 g/mol. The van der Waals surface area contributed by atoms with Crippen LogP contribution in [0, 0.1) is 13.8 Å². The van der Waals surface area contributed by atoms with Crippen LogP contribution in [0.2, 0.25) is 0 Å². The van der Waals surface area contributed by atoms with E-state index in [9.17, 15) is 4.79 Å². The van der Waals surface area contributed by atoms with Crippen LogP contribution in [0.15, 0.2) is 30.3 Å². The third-order valence-corrected chi connectivity index (χ3v) is 3.94. The number of nitrogens with one attached hydrogen (secondary N) is 2. The molecule has 0 saturated carbocycles. The zero-order valence-electron chi connectivity index (χ0n) is 13.3. The third-order valence-electron chi connectivity index (χ3n) is 3.94. The molecule has 6 heteroatoms. The summed E-state index contributed by atoms with van der Waals surface area (Å²) in [5.74, 6) is 0.487. The Kier molecular flexibility index (Phi) is 4.16. The number of fused-ring (bicyclic) bond motifs is 1. The van der Waals surface area contributed by atoms with E-state index in [2.05, 4.69) is 32.0 Å². The molecular weight excluding hydrogens is 292 g/mol. The molecule has 0 bridgehead atoms. The molecule has 120 valence electrons. The molecule has 0 aliphatic heterocycles. The van der Waals surface area contributed by atoms with E-state index < -0.39 is 0 Å². The van der Waals surface area contributed by atoms with E-state index in [0.29, 0.717) is 18.8 Å². The lowest BCUT2D eigenvalue weighted by Crippen LogP contribution is -2.15. The summed E-state index contributed by atoms with van der Waals surface area (Å²) in [7, 11) is 0. The smallest absolute Gasteiger partial charge is 0.226 e. The van der Waals surface area contributed by atoms with Crippen molar-refractivity contribution in [3.63, 3.8) is 0 Å². The lowest BCUT2D eigenvalue weighted by Gasteiger charge is -2.09. The number of aliphatic hydroxyl groups is 1.